The van der Waals surface area contributed by atoms with Gasteiger partial charge in [-0.3, -0.25) is 4.79 Å². The van der Waals surface area contributed by atoms with Crippen molar-refractivity contribution in [2.45, 2.75) is 63.8 Å². The molecule has 0 spiro atoms. The number of allylic oxidation sites excluding steroid dienone is 11. The Kier molecular flexibility index (Phi) is 5.58. The van der Waals surface area contributed by atoms with Crippen molar-refractivity contribution in [3.8, 4) is 0 Å². The van der Waals surface area contributed by atoms with Gasteiger partial charge in [0.05, 0.1) is 0 Å². The number of carbonyl (C=O) groups is 1. The van der Waals surface area contributed by atoms with Gasteiger partial charge in [-0.1, -0.05) is 35.4 Å². The summed E-state index contributed by atoms with van der Waals surface area (Å²) in [7, 11) is 0. The second kappa shape index (κ2) is 8.00. The molecule has 4 aliphatic rings. The number of carboxylic acids is 1. The quantitative estimate of drug-likeness (QED) is 0.625. The summed E-state index contributed by atoms with van der Waals surface area (Å²) < 4.78 is 6.37. The fourth-order valence-electron chi connectivity index (χ4n) is 4.78. The van der Waals surface area contributed by atoms with Crippen molar-refractivity contribution >= 4 is 17.6 Å². The number of halogens is 1. The minimum atomic E-state index is -1.13. The van der Waals surface area contributed by atoms with E-state index in [4.69, 9.17) is 22.1 Å². The third-order valence-electron chi connectivity index (χ3n) is 6.54. The molecule has 4 nitrogen and oxygen atoms in total. The van der Waals surface area contributed by atoms with Gasteiger partial charge < -0.3 is 15.6 Å². The molecule has 0 saturated heterocycles. The van der Waals surface area contributed by atoms with Crippen LogP contribution in [-0.4, -0.2) is 16.6 Å². The first-order valence-corrected chi connectivity index (χ1v) is 10.8. The Morgan fingerprint density at radius 1 is 1.24 bits per heavy atom. The molecule has 1 fully saturated rings. The van der Waals surface area contributed by atoms with Gasteiger partial charge in [0.15, 0.2) is 0 Å². The second-order valence-electron chi connectivity index (χ2n) is 8.55. The van der Waals surface area contributed by atoms with Gasteiger partial charge in [-0.05, 0) is 86.7 Å². The topological polar surface area (TPSA) is 72.5 Å². The molecule has 0 radical (unpaired) electrons. The third-order valence-corrected chi connectivity index (χ3v) is 7.07. The first-order valence-electron chi connectivity index (χ1n) is 10.4. The maximum absolute atomic E-state index is 11.6. The van der Waals surface area contributed by atoms with Crippen molar-refractivity contribution in [1.82, 2.24) is 0 Å². The summed E-state index contributed by atoms with van der Waals surface area (Å²) in [5.74, 6) is 0.961. The van der Waals surface area contributed by atoms with Crippen molar-refractivity contribution in [3.63, 3.8) is 0 Å². The number of rotatable bonds is 4. The first kappa shape index (κ1) is 20.2. The first-order chi connectivity index (χ1) is 13.9. The summed E-state index contributed by atoms with van der Waals surface area (Å²) in [6.45, 7) is 2.06. The molecule has 2 unspecified atom stereocenters. The lowest BCUT2D eigenvalue weighted by molar-refractivity contribution is -0.144. The zero-order chi connectivity index (χ0) is 20.6. The molecule has 0 aromatic carbocycles. The van der Waals surface area contributed by atoms with E-state index in [1.807, 2.05) is 6.08 Å². The molecule has 5 heteroatoms. The van der Waals surface area contributed by atoms with Crippen LogP contribution in [0.2, 0.25) is 0 Å². The lowest BCUT2D eigenvalue weighted by Crippen LogP contribution is -2.51. The van der Waals surface area contributed by atoms with Gasteiger partial charge in [0, 0.05) is 11.5 Å². The maximum Gasteiger partial charge on any atom is 0.323 e. The molecule has 0 aromatic heterocycles. The molecule has 1 saturated carbocycles. The highest BCUT2D eigenvalue weighted by Gasteiger charge is 2.42. The van der Waals surface area contributed by atoms with E-state index >= 15 is 0 Å². The fraction of sp³-hybridized carbons (Fsp3) is 0.458. The van der Waals surface area contributed by atoms with E-state index < -0.39 is 11.5 Å². The maximum atomic E-state index is 11.6. The highest BCUT2D eigenvalue weighted by Crippen LogP contribution is 2.43. The molecule has 2 atom stereocenters. The second-order valence-corrected chi connectivity index (χ2v) is 8.92. The van der Waals surface area contributed by atoms with E-state index in [1.165, 1.54) is 16.7 Å². The van der Waals surface area contributed by atoms with E-state index in [-0.39, 0.29) is 5.92 Å². The number of carboxylic acid groups (broad SMARTS) is 1. The SMILES string of the molecule is CC1=CCCC(C2=C(OC3=CC=C4CCC(N)(C(=O)O)CC4C3)C=CCC2)=C1Cl. The molecular weight excluding hydrogens is 386 g/mol. The molecular formula is C24H28ClNO3. The monoisotopic (exact) mass is 413 g/mol. The Hall–Kier alpha value is -2.04. The van der Waals surface area contributed by atoms with E-state index in [2.05, 4.69) is 31.2 Å². The van der Waals surface area contributed by atoms with Crippen LogP contribution in [0, 0.1) is 5.92 Å². The largest absolute Gasteiger partial charge is 0.480 e. The molecule has 0 amide bonds. The van der Waals surface area contributed by atoms with Crippen LogP contribution in [0.1, 0.15) is 58.3 Å². The van der Waals surface area contributed by atoms with Gasteiger partial charge >= 0.3 is 5.97 Å². The molecule has 0 heterocycles. The Bertz CT molecular complexity index is 918. The lowest BCUT2D eigenvalue weighted by atomic mass is 9.70. The number of fused-ring (bicyclic) bond motifs is 1. The number of hydrogen-bond acceptors (Lipinski definition) is 3. The standard InChI is InChI=1S/C24H28ClNO3/c1-15-5-4-7-20(22(15)25)19-6-2-3-8-21(19)29-18-10-9-16-11-12-24(26,23(27)28)14-17(16)13-18/h3,5,8-10,17H,2,4,6-7,11-14,26H2,1H3,(H,27,28). The van der Waals surface area contributed by atoms with Crippen LogP contribution in [0.5, 0.6) is 0 Å². The van der Waals surface area contributed by atoms with Gasteiger partial charge in [0.2, 0.25) is 0 Å². The summed E-state index contributed by atoms with van der Waals surface area (Å²) in [6.07, 6.45) is 16.7. The molecule has 4 rings (SSSR count). The number of aliphatic carboxylic acids is 1. The number of hydrogen-bond donors (Lipinski definition) is 2. The molecule has 154 valence electrons. The number of ether oxygens (including phenoxy) is 1. The van der Waals surface area contributed by atoms with E-state index in [9.17, 15) is 9.90 Å². The van der Waals surface area contributed by atoms with Crippen LogP contribution in [0.4, 0.5) is 0 Å². The Balaban J connectivity index is 1.58. The van der Waals surface area contributed by atoms with Gasteiger partial charge in [0.25, 0.3) is 0 Å². The van der Waals surface area contributed by atoms with Gasteiger partial charge in [0.1, 0.15) is 17.1 Å². The summed E-state index contributed by atoms with van der Waals surface area (Å²) in [6, 6.07) is 0. The van der Waals surface area contributed by atoms with Crippen LogP contribution >= 0.6 is 11.6 Å². The Morgan fingerprint density at radius 2 is 2.03 bits per heavy atom. The molecule has 0 aromatic rings. The predicted octanol–water partition coefficient (Wildman–Crippen LogP) is 5.64. The molecule has 29 heavy (non-hydrogen) atoms. The summed E-state index contributed by atoms with van der Waals surface area (Å²) >= 11 is 6.63. The minimum Gasteiger partial charge on any atom is -0.480 e. The van der Waals surface area contributed by atoms with E-state index in [0.717, 1.165) is 54.2 Å². The summed E-state index contributed by atoms with van der Waals surface area (Å²) in [5.41, 5.74) is 9.83. The van der Waals surface area contributed by atoms with Crippen molar-refractivity contribution in [2.75, 3.05) is 0 Å². The van der Waals surface area contributed by atoms with Crippen LogP contribution in [0.25, 0.3) is 0 Å². The van der Waals surface area contributed by atoms with Crippen LogP contribution in [0.3, 0.4) is 0 Å². The highest BCUT2D eigenvalue weighted by molar-refractivity contribution is 6.32. The van der Waals surface area contributed by atoms with Crippen molar-refractivity contribution in [2.24, 2.45) is 11.7 Å². The normalized spacial score (nSPS) is 29.8. The van der Waals surface area contributed by atoms with Crippen molar-refractivity contribution in [1.29, 1.82) is 0 Å². The minimum absolute atomic E-state index is 0.129. The lowest BCUT2D eigenvalue weighted by Gasteiger charge is -2.38. The van der Waals surface area contributed by atoms with Crippen molar-refractivity contribution < 1.29 is 14.6 Å². The molecule has 4 aliphatic carbocycles. The van der Waals surface area contributed by atoms with Gasteiger partial charge in [-0.15, -0.1) is 0 Å². The molecule has 0 bridgehead atoms. The van der Waals surface area contributed by atoms with Crippen LogP contribution in [0.15, 0.2) is 69.2 Å². The third kappa shape index (κ3) is 4.01. The summed E-state index contributed by atoms with van der Waals surface area (Å²) in [5, 5.41) is 10.4. The predicted molar refractivity (Wildman–Crippen MR) is 115 cm³/mol. The smallest absolute Gasteiger partial charge is 0.323 e. The van der Waals surface area contributed by atoms with Crippen LogP contribution in [-0.2, 0) is 9.53 Å². The van der Waals surface area contributed by atoms with E-state index in [0.29, 0.717) is 19.3 Å². The van der Waals surface area contributed by atoms with E-state index in [1.54, 1.807) is 0 Å². The van der Waals surface area contributed by atoms with Gasteiger partial charge in [-0.25, -0.2) is 0 Å². The average molecular weight is 414 g/mol. The zero-order valence-electron chi connectivity index (χ0n) is 16.8. The molecule has 0 aliphatic heterocycles. The Labute approximate surface area is 177 Å². The van der Waals surface area contributed by atoms with Crippen molar-refractivity contribution in [3.05, 3.63) is 69.2 Å². The number of nitrogens with two attached hydrogens (primary N) is 1. The summed E-state index contributed by atoms with van der Waals surface area (Å²) in [4.78, 5) is 11.6. The fourth-order valence-corrected chi connectivity index (χ4v) is 5.07. The van der Waals surface area contributed by atoms with Gasteiger partial charge in [-0.2, -0.15) is 0 Å². The van der Waals surface area contributed by atoms with Crippen LogP contribution < -0.4 is 5.73 Å². The Morgan fingerprint density at radius 3 is 2.83 bits per heavy atom. The zero-order valence-corrected chi connectivity index (χ0v) is 17.6. The molecule has 3 N–H and O–H groups in total. The highest BCUT2D eigenvalue weighted by atomic mass is 35.5. The average Bonchev–Trinajstić information content (AvgIpc) is 2.70.